The second kappa shape index (κ2) is 3.77. The molecule has 14 heavy (non-hydrogen) atoms. The zero-order valence-electron chi connectivity index (χ0n) is 8.83. The smallest absolute Gasteiger partial charge is 0.0935 e. The van der Waals surface area contributed by atoms with Crippen LogP contribution >= 0.6 is 0 Å². The van der Waals surface area contributed by atoms with Gasteiger partial charge in [0.1, 0.15) is 0 Å². The van der Waals surface area contributed by atoms with Gasteiger partial charge in [0, 0.05) is 5.54 Å². The van der Waals surface area contributed by atoms with Crippen molar-refractivity contribution in [1.82, 2.24) is 0 Å². The van der Waals surface area contributed by atoms with E-state index in [2.05, 4.69) is 6.92 Å². The molecule has 1 aliphatic rings. The van der Waals surface area contributed by atoms with Gasteiger partial charge < -0.3 is 10.2 Å². The first-order valence-electron chi connectivity index (χ1n) is 5.52. The molecule has 1 aliphatic carbocycles. The highest BCUT2D eigenvalue weighted by Crippen LogP contribution is 2.36. The summed E-state index contributed by atoms with van der Waals surface area (Å²) in [7, 11) is 0. The molecule has 0 radical (unpaired) electrons. The van der Waals surface area contributed by atoms with Gasteiger partial charge in [0.15, 0.2) is 0 Å². The third-order valence-corrected chi connectivity index (χ3v) is 3.46. The fourth-order valence-corrected chi connectivity index (χ4v) is 2.58. The van der Waals surface area contributed by atoms with Crippen LogP contribution in [0.1, 0.15) is 38.2 Å². The predicted molar refractivity (Wildman–Crippen MR) is 57.0 cm³/mol. The molecule has 2 atom stereocenters. The molecule has 2 unspecified atom stereocenters. The maximum atomic E-state index is 6.37. The summed E-state index contributed by atoms with van der Waals surface area (Å²) < 4.78 is 5.07. The van der Waals surface area contributed by atoms with E-state index in [1.54, 1.807) is 6.26 Å². The lowest BCUT2D eigenvalue weighted by atomic mass is 9.90. The van der Waals surface area contributed by atoms with Crippen LogP contribution in [0, 0.1) is 5.92 Å². The standard InChI is InChI=1S/C12H19NO/c1-2-10-3-5-12(13,7-10)8-11-4-6-14-9-11/h4,6,9-10H,2-3,5,7-8,13H2,1H3. The average molecular weight is 193 g/mol. The Bertz CT molecular complexity index is 281. The van der Waals surface area contributed by atoms with E-state index < -0.39 is 0 Å². The molecule has 1 saturated carbocycles. The summed E-state index contributed by atoms with van der Waals surface area (Å²) in [5.41, 5.74) is 7.65. The van der Waals surface area contributed by atoms with Gasteiger partial charge >= 0.3 is 0 Å². The minimum atomic E-state index is 0.0323. The Morgan fingerprint density at radius 3 is 3.07 bits per heavy atom. The first-order valence-corrected chi connectivity index (χ1v) is 5.52. The van der Waals surface area contributed by atoms with Crippen molar-refractivity contribution in [2.45, 2.75) is 44.6 Å². The van der Waals surface area contributed by atoms with Gasteiger partial charge in [-0.25, -0.2) is 0 Å². The van der Waals surface area contributed by atoms with Crippen LogP contribution in [0.4, 0.5) is 0 Å². The van der Waals surface area contributed by atoms with Crippen molar-refractivity contribution in [2.24, 2.45) is 11.7 Å². The van der Waals surface area contributed by atoms with E-state index in [1.165, 1.54) is 24.8 Å². The molecule has 1 heterocycles. The lowest BCUT2D eigenvalue weighted by Gasteiger charge is -2.23. The summed E-state index contributed by atoms with van der Waals surface area (Å²) in [4.78, 5) is 0. The summed E-state index contributed by atoms with van der Waals surface area (Å²) in [6.07, 6.45) is 9.42. The molecular formula is C12H19NO. The van der Waals surface area contributed by atoms with Crippen molar-refractivity contribution in [3.05, 3.63) is 24.2 Å². The third kappa shape index (κ3) is 2.01. The van der Waals surface area contributed by atoms with Crippen LogP contribution in [0.5, 0.6) is 0 Å². The molecule has 0 aliphatic heterocycles. The zero-order chi connectivity index (χ0) is 10.0. The van der Waals surface area contributed by atoms with E-state index in [9.17, 15) is 0 Å². The molecule has 1 fully saturated rings. The lowest BCUT2D eigenvalue weighted by Crippen LogP contribution is -2.39. The first kappa shape index (κ1) is 9.78. The molecular weight excluding hydrogens is 174 g/mol. The summed E-state index contributed by atoms with van der Waals surface area (Å²) >= 11 is 0. The largest absolute Gasteiger partial charge is 0.472 e. The van der Waals surface area contributed by atoms with Crippen molar-refractivity contribution < 1.29 is 4.42 Å². The second-order valence-electron chi connectivity index (χ2n) is 4.69. The summed E-state index contributed by atoms with van der Waals surface area (Å²) in [6.45, 7) is 2.26. The monoisotopic (exact) mass is 193 g/mol. The number of rotatable bonds is 3. The van der Waals surface area contributed by atoms with Crippen molar-refractivity contribution >= 4 is 0 Å². The van der Waals surface area contributed by atoms with Crippen LogP contribution in [0.15, 0.2) is 23.0 Å². The topological polar surface area (TPSA) is 39.2 Å². The van der Waals surface area contributed by atoms with Crippen molar-refractivity contribution in [3.63, 3.8) is 0 Å². The van der Waals surface area contributed by atoms with Gasteiger partial charge in [-0.05, 0) is 43.2 Å². The predicted octanol–water partition coefficient (Wildman–Crippen LogP) is 2.73. The van der Waals surface area contributed by atoms with Gasteiger partial charge in [-0.2, -0.15) is 0 Å². The maximum Gasteiger partial charge on any atom is 0.0935 e. The third-order valence-electron chi connectivity index (χ3n) is 3.46. The number of hydrogen-bond acceptors (Lipinski definition) is 2. The van der Waals surface area contributed by atoms with Crippen LogP contribution in [0.25, 0.3) is 0 Å². The molecule has 1 aromatic rings. The first-order chi connectivity index (χ1) is 6.72. The van der Waals surface area contributed by atoms with E-state index in [1.807, 2.05) is 12.3 Å². The van der Waals surface area contributed by atoms with E-state index in [0.29, 0.717) is 0 Å². The molecule has 0 aromatic carbocycles. The van der Waals surface area contributed by atoms with Crippen LogP contribution < -0.4 is 5.73 Å². The lowest BCUT2D eigenvalue weighted by molar-refractivity contribution is 0.405. The Balaban J connectivity index is 1.97. The number of nitrogens with two attached hydrogens (primary N) is 1. The van der Waals surface area contributed by atoms with Crippen molar-refractivity contribution in [3.8, 4) is 0 Å². The summed E-state index contributed by atoms with van der Waals surface area (Å²) in [6, 6.07) is 2.02. The molecule has 2 rings (SSSR count). The Kier molecular flexibility index (Phi) is 2.64. The van der Waals surface area contributed by atoms with Crippen molar-refractivity contribution in [1.29, 1.82) is 0 Å². The van der Waals surface area contributed by atoms with Gasteiger partial charge in [-0.15, -0.1) is 0 Å². The highest BCUT2D eigenvalue weighted by molar-refractivity contribution is 5.12. The van der Waals surface area contributed by atoms with Gasteiger partial charge in [-0.3, -0.25) is 0 Å². The van der Waals surface area contributed by atoms with Crippen LogP contribution in [-0.4, -0.2) is 5.54 Å². The Morgan fingerprint density at radius 2 is 2.50 bits per heavy atom. The van der Waals surface area contributed by atoms with E-state index in [-0.39, 0.29) is 5.54 Å². The molecule has 2 heteroatoms. The second-order valence-corrected chi connectivity index (χ2v) is 4.69. The summed E-state index contributed by atoms with van der Waals surface area (Å²) in [5, 5.41) is 0. The van der Waals surface area contributed by atoms with Crippen LogP contribution in [-0.2, 0) is 6.42 Å². The van der Waals surface area contributed by atoms with Gasteiger partial charge in [0.05, 0.1) is 12.5 Å². The molecule has 0 saturated heterocycles. The SMILES string of the molecule is CCC1CCC(N)(Cc2ccoc2)C1. The van der Waals surface area contributed by atoms with Gasteiger partial charge in [0.2, 0.25) is 0 Å². The molecule has 0 spiro atoms. The Morgan fingerprint density at radius 1 is 1.64 bits per heavy atom. The normalized spacial score (nSPS) is 32.3. The molecule has 2 N–H and O–H groups in total. The van der Waals surface area contributed by atoms with E-state index in [0.717, 1.165) is 18.8 Å². The number of furan rings is 1. The van der Waals surface area contributed by atoms with Crippen molar-refractivity contribution in [2.75, 3.05) is 0 Å². The van der Waals surface area contributed by atoms with Crippen LogP contribution in [0.2, 0.25) is 0 Å². The van der Waals surface area contributed by atoms with E-state index >= 15 is 0 Å². The average Bonchev–Trinajstić information content (AvgIpc) is 2.76. The zero-order valence-corrected chi connectivity index (χ0v) is 8.83. The molecule has 2 nitrogen and oxygen atoms in total. The van der Waals surface area contributed by atoms with Gasteiger partial charge in [-0.1, -0.05) is 13.3 Å². The quantitative estimate of drug-likeness (QED) is 0.801. The van der Waals surface area contributed by atoms with E-state index in [4.69, 9.17) is 10.2 Å². The molecule has 1 aromatic heterocycles. The minimum Gasteiger partial charge on any atom is -0.472 e. The Labute approximate surface area is 85.5 Å². The molecule has 78 valence electrons. The number of hydrogen-bond donors (Lipinski definition) is 1. The maximum absolute atomic E-state index is 6.37. The minimum absolute atomic E-state index is 0.0323. The summed E-state index contributed by atoms with van der Waals surface area (Å²) in [5.74, 6) is 0.840. The fraction of sp³-hybridized carbons (Fsp3) is 0.667. The van der Waals surface area contributed by atoms with Gasteiger partial charge in [0.25, 0.3) is 0 Å². The highest BCUT2D eigenvalue weighted by Gasteiger charge is 2.34. The fourth-order valence-electron chi connectivity index (χ4n) is 2.58. The highest BCUT2D eigenvalue weighted by atomic mass is 16.3. The van der Waals surface area contributed by atoms with Crippen LogP contribution in [0.3, 0.4) is 0 Å². The molecule has 0 amide bonds. The Hall–Kier alpha value is -0.760. The molecule has 0 bridgehead atoms.